The number of halogens is 1. The van der Waals surface area contributed by atoms with E-state index in [1.54, 1.807) is 22.9 Å². The van der Waals surface area contributed by atoms with Gasteiger partial charge in [-0.2, -0.15) is 5.10 Å². The summed E-state index contributed by atoms with van der Waals surface area (Å²) in [6.45, 7) is 3.55. The second-order valence-corrected chi connectivity index (χ2v) is 6.69. The van der Waals surface area contributed by atoms with Crippen molar-refractivity contribution in [2.24, 2.45) is 0 Å². The van der Waals surface area contributed by atoms with E-state index in [4.69, 9.17) is 4.74 Å². The lowest BCUT2D eigenvalue weighted by molar-refractivity contribution is 0.0618. The van der Waals surface area contributed by atoms with Gasteiger partial charge in [0.05, 0.1) is 6.54 Å². The van der Waals surface area contributed by atoms with E-state index in [0.29, 0.717) is 30.2 Å². The Morgan fingerprint density at radius 3 is 2.92 bits per heavy atom. The molecule has 1 aromatic carbocycles. The molecular formula is C18H21FN4O2. The van der Waals surface area contributed by atoms with Crippen LogP contribution in [0.25, 0.3) is 0 Å². The highest BCUT2D eigenvalue weighted by molar-refractivity contribution is 5.93. The number of rotatable bonds is 4. The zero-order valence-electron chi connectivity index (χ0n) is 14.2. The first-order chi connectivity index (χ1) is 12.1. The Morgan fingerprint density at radius 2 is 2.16 bits per heavy atom. The van der Waals surface area contributed by atoms with Gasteiger partial charge in [0.15, 0.2) is 0 Å². The zero-order valence-corrected chi connectivity index (χ0v) is 14.2. The van der Waals surface area contributed by atoms with Crippen LogP contribution >= 0.6 is 0 Å². The molecule has 0 aliphatic carbocycles. The van der Waals surface area contributed by atoms with Crippen LogP contribution in [-0.4, -0.2) is 58.2 Å². The predicted octanol–water partition coefficient (Wildman–Crippen LogP) is 1.76. The molecule has 1 saturated heterocycles. The fourth-order valence-electron chi connectivity index (χ4n) is 3.56. The number of hydrogen-bond acceptors (Lipinski definition) is 4. The van der Waals surface area contributed by atoms with Crippen LogP contribution in [0.15, 0.2) is 30.3 Å². The Labute approximate surface area is 145 Å². The molecule has 1 fully saturated rings. The molecule has 0 unspecified atom stereocenters. The number of nitrogens with zero attached hydrogens (tertiary/aromatic N) is 4. The first-order valence-electron chi connectivity index (χ1n) is 8.55. The molecule has 2 aromatic rings. The molecule has 7 heteroatoms. The Kier molecular flexibility index (Phi) is 4.17. The predicted molar refractivity (Wildman–Crippen MR) is 89.9 cm³/mol. The molecule has 0 spiro atoms. The molecule has 2 aliphatic heterocycles. The SMILES string of the molecule is CN1CC[C@H](N2CCn3nc(COc4cccc(F)c4)cc3C2=O)C1. The minimum absolute atomic E-state index is 0.0380. The molecule has 0 bridgehead atoms. The van der Waals surface area contributed by atoms with Gasteiger partial charge < -0.3 is 14.5 Å². The highest BCUT2D eigenvalue weighted by atomic mass is 19.1. The standard InChI is InChI=1S/C18H21FN4O2/c1-21-6-5-15(11-21)22-7-8-23-17(18(22)24)10-14(20-23)12-25-16-4-2-3-13(19)9-16/h2-4,9-10,15H,5-8,11-12H2,1H3/t15-/m0/s1. The molecule has 1 amide bonds. The Balaban J connectivity index is 1.45. The lowest BCUT2D eigenvalue weighted by Crippen LogP contribution is -2.47. The van der Waals surface area contributed by atoms with Crippen molar-refractivity contribution in [3.8, 4) is 5.75 Å². The zero-order chi connectivity index (χ0) is 17.4. The summed E-state index contributed by atoms with van der Waals surface area (Å²) in [7, 11) is 2.08. The minimum atomic E-state index is -0.339. The lowest BCUT2D eigenvalue weighted by atomic mass is 10.1. The summed E-state index contributed by atoms with van der Waals surface area (Å²) in [6.07, 6.45) is 1.02. The van der Waals surface area contributed by atoms with Crippen molar-refractivity contribution in [1.29, 1.82) is 0 Å². The molecular weight excluding hydrogens is 323 g/mol. The number of fused-ring (bicyclic) bond motifs is 1. The van der Waals surface area contributed by atoms with Crippen molar-refractivity contribution in [2.45, 2.75) is 25.6 Å². The highest BCUT2D eigenvalue weighted by Gasteiger charge is 2.34. The molecule has 2 aliphatic rings. The largest absolute Gasteiger partial charge is 0.487 e. The van der Waals surface area contributed by atoms with Crippen LogP contribution < -0.4 is 4.74 Å². The van der Waals surface area contributed by atoms with E-state index < -0.39 is 0 Å². The number of amides is 1. The van der Waals surface area contributed by atoms with Gasteiger partial charge in [-0.05, 0) is 38.2 Å². The lowest BCUT2D eigenvalue weighted by Gasteiger charge is -2.32. The topological polar surface area (TPSA) is 50.6 Å². The number of benzene rings is 1. The summed E-state index contributed by atoms with van der Waals surface area (Å²) in [6, 6.07) is 8.07. The van der Waals surface area contributed by atoms with Crippen LogP contribution in [0.2, 0.25) is 0 Å². The van der Waals surface area contributed by atoms with Crippen molar-refractivity contribution in [3.63, 3.8) is 0 Å². The average molecular weight is 344 g/mol. The van der Waals surface area contributed by atoms with E-state index >= 15 is 0 Å². The maximum absolute atomic E-state index is 13.2. The van der Waals surface area contributed by atoms with E-state index in [0.717, 1.165) is 19.5 Å². The monoisotopic (exact) mass is 344 g/mol. The van der Waals surface area contributed by atoms with E-state index in [9.17, 15) is 9.18 Å². The first kappa shape index (κ1) is 16.1. The number of aromatic nitrogens is 2. The third kappa shape index (κ3) is 3.24. The van der Waals surface area contributed by atoms with Gasteiger partial charge in [0, 0.05) is 25.2 Å². The maximum Gasteiger partial charge on any atom is 0.272 e. The number of carbonyl (C=O) groups excluding carboxylic acids is 1. The normalized spacial score (nSPS) is 20.8. The smallest absolute Gasteiger partial charge is 0.272 e. The Morgan fingerprint density at radius 1 is 1.28 bits per heavy atom. The second-order valence-electron chi connectivity index (χ2n) is 6.69. The van der Waals surface area contributed by atoms with Gasteiger partial charge in [-0.25, -0.2) is 4.39 Å². The van der Waals surface area contributed by atoms with E-state index in [1.165, 1.54) is 12.1 Å². The molecule has 25 heavy (non-hydrogen) atoms. The molecule has 1 atom stereocenters. The van der Waals surface area contributed by atoms with Gasteiger partial charge in [-0.1, -0.05) is 6.07 Å². The van der Waals surface area contributed by atoms with Crippen molar-refractivity contribution >= 4 is 5.91 Å². The fourth-order valence-corrected chi connectivity index (χ4v) is 3.56. The molecule has 0 radical (unpaired) electrons. The van der Waals surface area contributed by atoms with E-state index in [-0.39, 0.29) is 24.4 Å². The number of likely N-dealkylation sites (tertiary alicyclic amines) is 1. The third-order valence-electron chi connectivity index (χ3n) is 4.85. The van der Waals surface area contributed by atoms with Crippen molar-refractivity contribution < 1.29 is 13.9 Å². The van der Waals surface area contributed by atoms with Gasteiger partial charge in [0.1, 0.15) is 29.6 Å². The summed E-state index contributed by atoms with van der Waals surface area (Å²) < 4.78 is 20.5. The van der Waals surface area contributed by atoms with Crippen LogP contribution in [-0.2, 0) is 13.2 Å². The van der Waals surface area contributed by atoms with Gasteiger partial charge in [-0.3, -0.25) is 9.48 Å². The van der Waals surface area contributed by atoms with Crippen LogP contribution in [0.3, 0.4) is 0 Å². The summed E-state index contributed by atoms with van der Waals surface area (Å²) in [5, 5.41) is 4.45. The first-order valence-corrected chi connectivity index (χ1v) is 8.55. The van der Waals surface area contributed by atoms with E-state index in [2.05, 4.69) is 17.0 Å². The molecule has 4 rings (SSSR count). The number of carbonyl (C=O) groups is 1. The summed E-state index contributed by atoms with van der Waals surface area (Å²) in [5.41, 5.74) is 1.29. The third-order valence-corrected chi connectivity index (χ3v) is 4.85. The molecule has 0 N–H and O–H groups in total. The van der Waals surface area contributed by atoms with Crippen LogP contribution in [0.1, 0.15) is 22.6 Å². The Bertz CT molecular complexity index is 791. The van der Waals surface area contributed by atoms with Crippen LogP contribution in [0.5, 0.6) is 5.75 Å². The molecule has 6 nitrogen and oxygen atoms in total. The van der Waals surface area contributed by atoms with Gasteiger partial charge in [0.2, 0.25) is 0 Å². The summed E-state index contributed by atoms with van der Waals surface area (Å²) in [4.78, 5) is 17.0. The summed E-state index contributed by atoms with van der Waals surface area (Å²) >= 11 is 0. The highest BCUT2D eigenvalue weighted by Crippen LogP contribution is 2.22. The van der Waals surface area contributed by atoms with E-state index in [1.807, 2.05) is 4.90 Å². The van der Waals surface area contributed by atoms with Crippen molar-refractivity contribution in [1.82, 2.24) is 19.6 Å². The molecule has 3 heterocycles. The average Bonchev–Trinajstić information content (AvgIpc) is 3.20. The number of hydrogen-bond donors (Lipinski definition) is 0. The second kappa shape index (κ2) is 6.48. The molecule has 132 valence electrons. The minimum Gasteiger partial charge on any atom is -0.487 e. The molecule has 1 aromatic heterocycles. The molecule has 0 saturated carbocycles. The van der Waals surface area contributed by atoms with Crippen LogP contribution in [0.4, 0.5) is 4.39 Å². The quantitative estimate of drug-likeness (QED) is 0.848. The van der Waals surface area contributed by atoms with Crippen molar-refractivity contribution in [3.05, 3.63) is 47.5 Å². The Hall–Kier alpha value is -2.41. The van der Waals surface area contributed by atoms with Gasteiger partial charge in [0.25, 0.3) is 5.91 Å². The van der Waals surface area contributed by atoms with Gasteiger partial charge >= 0.3 is 0 Å². The number of ether oxygens (including phenoxy) is 1. The maximum atomic E-state index is 13.2. The fraction of sp³-hybridized carbons (Fsp3) is 0.444. The van der Waals surface area contributed by atoms with Crippen molar-refractivity contribution in [2.75, 3.05) is 26.7 Å². The number of likely N-dealkylation sites (N-methyl/N-ethyl adjacent to an activating group) is 1. The summed E-state index contributed by atoms with van der Waals surface area (Å²) in [5.74, 6) is 0.151. The van der Waals surface area contributed by atoms with Gasteiger partial charge in [-0.15, -0.1) is 0 Å². The van der Waals surface area contributed by atoms with Crippen LogP contribution in [0, 0.1) is 5.82 Å².